The van der Waals surface area contributed by atoms with Crippen molar-refractivity contribution in [2.45, 2.75) is 6.92 Å². The van der Waals surface area contributed by atoms with Crippen molar-refractivity contribution in [3.05, 3.63) is 62.5 Å². The summed E-state index contributed by atoms with van der Waals surface area (Å²) in [5.74, 6) is 0.732. The summed E-state index contributed by atoms with van der Waals surface area (Å²) in [7, 11) is 0. The quantitative estimate of drug-likeness (QED) is 0.431. The minimum absolute atomic E-state index is 0.0946. The number of ether oxygens (including phenoxy) is 1. The lowest BCUT2D eigenvalue weighted by Gasteiger charge is -2.07. The highest BCUT2D eigenvalue weighted by molar-refractivity contribution is 9.10. The summed E-state index contributed by atoms with van der Waals surface area (Å²) in [4.78, 5) is 10.5. The number of aromatic nitrogens is 1. The average Bonchev–Trinajstić information content (AvgIpc) is 2.85. The zero-order chi connectivity index (χ0) is 16.1. The molecule has 0 saturated carbocycles. The first-order valence-electron chi connectivity index (χ1n) is 6.35. The van der Waals surface area contributed by atoms with Gasteiger partial charge in [-0.05, 0) is 37.3 Å². The van der Waals surface area contributed by atoms with Gasteiger partial charge in [-0.2, -0.15) is 0 Å². The maximum absolute atomic E-state index is 11.0. The Kier molecular flexibility index (Phi) is 5.11. The number of rotatable bonds is 6. The van der Waals surface area contributed by atoms with Gasteiger partial charge in [0.1, 0.15) is 12.4 Å². The largest absolute Gasteiger partial charge is 0.489 e. The molecule has 0 bridgehead atoms. The predicted molar refractivity (Wildman–Crippen MR) is 86.7 cm³/mol. The van der Waals surface area contributed by atoms with Crippen LogP contribution in [0.2, 0.25) is 0 Å². The minimum Gasteiger partial charge on any atom is -0.489 e. The van der Waals surface area contributed by atoms with E-state index in [2.05, 4.69) is 27.7 Å². The van der Waals surface area contributed by atoms with Crippen molar-refractivity contribution >= 4 is 33.8 Å². The smallest absolute Gasteiger partial charge is 0.338 e. The van der Waals surface area contributed by atoms with Gasteiger partial charge in [0.25, 0.3) is 0 Å². The van der Waals surface area contributed by atoms with Gasteiger partial charge in [0.15, 0.2) is 5.69 Å². The van der Waals surface area contributed by atoms with Crippen molar-refractivity contribution in [2.75, 3.05) is 6.61 Å². The highest BCUT2D eigenvalue weighted by Gasteiger charge is 2.22. The molecule has 2 aromatic rings. The number of nitro groups is 1. The first kappa shape index (κ1) is 16.0. The molecule has 0 fully saturated rings. The second-order valence-electron chi connectivity index (χ2n) is 4.35. The number of benzene rings is 1. The molecule has 1 aromatic heterocycles. The van der Waals surface area contributed by atoms with Crippen LogP contribution in [-0.4, -0.2) is 16.7 Å². The third kappa shape index (κ3) is 3.62. The molecule has 0 saturated heterocycles. The van der Waals surface area contributed by atoms with E-state index in [4.69, 9.17) is 9.26 Å². The summed E-state index contributed by atoms with van der Waals surface area (Å²) < 4.78 is 11.4. The molecule has 22 heavy (non-hydrogen) atoms. The topological polar surface area (TPSA) is 78.4 Å². The summed E-state index contributed by atoms with van der Waals surface area (Å²) in [5, 5.41) is 14.6. The van der Waals surface area contributed by atoms with Gasteiger partial charge in [0, 0.05) is 10.0 Å². The number of aryl methyl sites for hydroxylation is 1. The van der Waals surface area contributed by atoms with Gasteiger partial charge >= 0.3 is 5.69 Å². The Morgan fingerprint density at radius 2 is 2.27 bits per heavy atom. The first-order chi connectivity index (χ1) is 10.5. The standard InChI is InChI=1S/C15H13BrN2O4/c1-3-8-21-13-7-5-12(16)9-11(13)4-6-14-15(18(19)20)10(2)17-22-14/h3-7,9H,1,8H2,2H3/b6-4-. The van der Waals surface area contributed by atoms with Crippen molar-refractivity contribution in [1.29, 1.82) is 0 Å². The molecule has 2 rings (SSSR count). The van der Waals surface area contributed by atoms with Crippen LogP contribution < -0.4 is 4.74 Å². The molecule has 1 aromatic carbocycles. The fourth-order valence-electron chi connectivity index (χ4n) is 1.81. The maximum atomic E-state index is 11.0. The Hall–Kier alpha value is -2.41. The molecule has 0 aliphatic heterocycles. The summed E-state index contributed by atoms with van der Waals surface area (Å²) in [5.41, 5.74) is 0.849. The van der Waals surface area contributed by atoms with E-state index in [9.17, 15) is 10.1 Å². The third-order valence-electron chi connectivity index (χ3n) is 2.78. The van der Waals surface area contributed by atoms with E-state index in [1.807, 2.05) is 12.1 Å². The molecule has 0 radical (unpaired) electrons. The van der Waals surface area contributed by atoms with Crippen LogP contribution in [0.3, 0.4) is 0 Å². The zero-order valence-corrected chi connectivity index (χ0v) is 13.4. The maximum Gasteiger partial charge on any atom is 0.338 e. The summed E-state index contributed by atoms with van der Waals surface area (Å²) >= 11 is 3.38. The van der Waals surface area contributed by atoms with Crippen molar-refractivity contribution in [2.24, 2.45) is 0 Å². The van der Waals surface area contributed by atoms with Gasteiger partial charge in [-0.25, -0.2) is 0 Å². The number of hydrogen-bond acceptors (Lipinski definition) is 5. The van der Waals surface area contributed by atoms with E-state index in [1.54, 1.807) is 18.2 Å². The van der Waals surface area contributed by atoms with Crippen LogP contribution in [0.4, 0.5) is 5.69 Å². The summed E-state index contributed by atoms with van der Waals surface area (Å²) in [6.07, 6.45) is 4.82. The summed E-state index contributed by atoms with van der Waals surface area (Å²) in [6.45, 7) is 5.49. The van der Waals surface area contributed by atoms with Crippen molar-refractivity contribution in [3.8, 4) is 5.75 Å². The minimum atomic E-state index is -0.512. The number of hydrogen-bond donors (Lipinski definition) is 0. The van der Waals surface area contributed by atoms with E-state index < -0.39 is 4.92 Å². The van der Waals surface area contributed by atoms with Crippen LogP contribution >= 0.6 is 15.9 Å². The van der Waals surface area contributed by atoms with Crippen LogP contribution in [0.15, 0.2) is 39.8 Å². The molecule has 0 aliphatic rings. The lowest BCUT2D eigenvalue weighted by Crippen LogP contribution is -1.95. The molecule has 0 N–H and O–H groups in total. The van der Waals surface area contributed by atoms with Gasteiger partial charge in [0.2, 0.25) is 5.76 Å². The highest BCUT2D eigenvalue weighted by atomic mass is 79.9. The van der Waals surface area contributed by atoms with Crippen LogP contribution in [0.1, 0.15) is 17.0 Å². The van der Waals surface area contributed by atoms with E-state index in [0.717, 1.165) is 10.0 Å². The molecular weight excluding hydrogens is 352 g/mol. The van der Waals surface area contributed by atoms with Crippen molar-refractivity contribution < 1.29 is 14.2 Å². The third-order valence-corrected chi connectivity index (χ3v) is 3.28. The Bertz CT molecular complexity index is 737. The zero-order valence-electron chi connectivity index (χ0n) is 11.8. The molecule has 0 unspecified atom stereocenters. The molecule has 6 nitrogen and oxygen atoms in total. The van der Waals surface area contributed by atoms with Crippen LogP contribution in [0, 0.1) is 17.0 Å². The molecule has 114 valence electrons. The Morgan fingerprint density at radius 1 is 1.50 bits per heavy atom. The van der Waals surface area contributed by atoms with Gasteiger partial charge in [-0.1, -0.05) is 33.7 Å². The molecular formula is C15H13BrN2O4. The van der Waals surface area contributed by atoms with Gasteiger partial charge < -0.3 is 9.26 Å². The molecule has 1 heterocycles. The fourth-order valence-corrected chi connectivity index (χ4v) is 2.19. The van der Waals surface area contributed by atoms with Crippen LogP contribution in [0.25, 0.3) is 12.2 Å². The Balaban J connectivity index is 2.35. The van der Waals surface area contributed by atoms with E-state index >= 15 is 0 Å². The summed E-state index contributed by atoms with van der Waals surface area (Å²) in [6, 6.07) is 5.48. The first-order valence-corrected chi connectivity index (χ1v) is 7.14. The van der Waals surface area contributed by atoms with Gasteiger partial charge in [0.05, 0.1) is 4.92 Å². The normalized spacial score (nSPS) is 10.8. The lowest BCUT2D eigenvalue weighted by molar-refractivity contribution is -0.386. The van der Waals surface area contributed by atoms with E-state index in [-0.39, 0.29) is 17.1 Å². The van der Waals surface area contributed by atoms with Crippen molar-refractivity contribution in [3.63, 3.8) is 0 Å². The second kappa shape index (κ2) is 7.04. The highest BCUT2D eigenvalue weighted by Crippen LogP contribution is 2.28. The molecule has 0 amide bonds. The monoisotopic (exact) mass is 364 g/mol. The van der Waals surface area contributed by atoms with Gasteiger partial charge in [-0.3, -0.25) is 10.1 Å². The molecule has 0 aliphatic carbocycles. The second-order valence-corrected chi connectivity index (χ2v) is 5.27. The average molecular weight is 365 g/mol. The number of halogens is 1. The SMILES string of the molecule is C=CCOc1ccc(Br)cc1/C=C\c1onc(C)c1[N+](=O)[O-]. The fraction of sp³-hybridized carbons (Fsp3) is 0.133. The molecule has 0 atom stereocenters. The van der Waals surface area contributed by atoms with E-state index in [0.29, 0.717) is 12.4 Å². The van der Waals surface area contributed by atoms with Crippen LogP contribution in [-0.2, 0) is 0 Å². The van der Waals surface area contributed by atoms with E-state index in [1.165, 1.54) is 13.0 Å². The molecule has 7 heteroatoms. The predicted octanol–water partition coefficient (Wildman–Crippen LogP) is 4.39. The number of nitrogens with zero attached hydrogens (tertiary/aromatic N) is 2. The van der Waals surface area contributed by atoms with Gasteiger partial charge in [-0.15, -0.1) is 0 Å². The van der Waals surface area contributed by atoms with Crippen LogP contribution in [0.5, 0.6) is 5.75 Å². The molecule has 0 spiro atoms. The lowest BCUT2D eigenvalue weighted by atomic mass is 10.1. The van der Waals surface area contributed by atoms with Crippen molar-refractivity contribution in [1.82, 2.24) is 5.16 Å². The Morgan fingerprint density at radius 3 is 2.95 bits per heavy atom. The Labute approximate surface area is 135 Å².